The molecule has 1 fully saturated rings. The van der Waals surface area contributed by atoms with Gasteiger partial charge in [-0.3, -0.25) is 14.9 Å². The average molecular weight is 284 g/mol. The minimum Gasteiger partial charge on any atom is -0.336 e. The number of amides is 1. The van der Waals surface area contributed by atoms with Crippen LogP contribution in [0.2, 0.25) is 5.02 Å². The molecule has 0 aliphatic carbocycles. The maximum Gasteiger partial charge on any atom is 0.283 e. The smallest absolute Gasteiger partial charge is 0.283 e. The predicted molar refractivity (Wildman–Crippen MR) is 71.5 cm³/mol. The van der Waals surface area contributed by atoms with Crippen molar-refractivity contribution >= 4 is 23.2 Å². The Balaban J connectivity index is 2.31. The summed E-state index contributed by atoms with van der Waals surface area (Å²) in [6, 6.07) is 4.27. The molecular formula is C12H14ClN3O3. The van der Waals surface area contributed by atoms with E-state index >= 15 is 0 Å². The molecule has 0 N–H and O–H groups in total. The molecule has 0 radical (unpaired) electrons. The predicted octanol–water partition coefficient (Wildman–Crippen LogP) is 1.64. The fraction of sp³-hybridized carbons (Fsp3) is 0.417. The number of benzene rings is 1. The van der Waals surface area contributed by atoms with Gasteiger partial charge in [0.1, 0.15) is 5.56 Å². The average Bonchev–Trinajstić information content (AvgIpc) is 2.38. The number of nitro benzene ring substituents is 1. The molecule has 0 bridgehead atoms. The Bertz CT molecular complexity index is 513. The van der Waals surface area contributed by atoms with Gasteiger partial charge in [0.15, 0.2) is 0 Å². The zero-order chi connectivity index (χ0) is 14.0. The van der Waals surface area contributed by atoms with E-state index in [0.29, 0.717) is 13.1 Å². The Morgan fingerprint density at radius 3 is 2.53 bits per heavy atom. The molecule has 1 amide bonds. The Labute approximate surface area is 115 Å². The number of rotatable bonds is 2. The summed E-state index contributed by atoms with van der Waals surface area (Å²) in [5.74, 6) is -0.370. The van der Waals surface area contributed by atoms with Crippen molar-refractivity contribution in [2.24, 2.45) is 0 Å². The molecule has 1 aliphatic rings. The van der Waals surface area contributed by atoms with Crippen LogP contribution in [0.5, 0.6) is 0 Å². The summed E-state index contributed by atoms with van der Waals surface area (Å²) in [6.45, 7) is 2.61. The third-order valence-corrected chi connectivity index (χ3v) is 3.51. The standard InChI is InChI=1S/C12H14ClN3O3/c1-14-5-7-15(8-6-14)12(17)11-9(13)3-2-4-10(11)16(18)19/h2-4H,5-8H2,1H3. The zero-order valence-electron chi connectivity index (χ0n) is 10.5. The number of hydrogen-bond acceptors (Lipinski definition) is 4. The van der Waals surface area contributed by atoms with Crippen molar-refractivity contribution in [2.45, 2.75) is 0 Å². The maximum atomic E-state index is 12.4. The van der Waals surface area contributed by atoms with Crippen LogP contribution in [0.25, 0.3) is 0 Å². The molecule has 0 atom stereocenters. The lowest BCUT2D eigenvalue weighted by molar-refractivity contribution is -0.385. The van der Waals surface area contributed by atoms with Gasteiger partial charge in [-0.05, 0) is 13.1 Å². The summed E-state index contributed by atoms with van der Waals surface area (Å²) in [6.07, 6.45) is 0. The Hall–Kier alpha value is -1.66. The minimum absolute atomic E-state index is 0.0151. The Morgan fingerprint density at radius 2 is 1.95 bits per heavy atom. The van der Waals surface area contributed by atoms with Crippen LogP contribution in [0, 0.1) is 10.1 Å². The van der Waals surface area contributed by atoms with Crippen molar-refractivity contribution in [2.75, 3.05) is 33.2 Å². The fourth-order valence-corrected chi connectivity index (χ4v) is 2.29. The summed E-state index contributed by atoms with van der Waals surface area (Å²) >= 11 is 5.95. The lowest BCUT2D eigenvalue weighted by Gasteiger charge is -2.32. The molecule has 1 saturated heterocycles. The highest BCUT2D eigenvalue weighted by molar-refractivity contribution is 6.34. The first kappa shape index (κ1) is 13.8. The molecule has 0 aromatic heterocycles. The number of carbonyl (C=O) groups excluding carboxylic acids is 1. The van der Waals surface area contributed by atoms with E-state index < -0.39 is 4.92 Å². The van der Waals surface area contributed by atoms with Gasteiger partial charge in [-0.1, -0.05) is 17.7 Å². The molecule has 1 heterocycles. The number of nitro groups is 1. The number of halogens is 1. The van der Waals surface area contributed by atoms with E-state index in [4.69, 9.17) is 11.6 Å². The van der Waals surface area contributed by atoms with Crippen LogP contribution in [-0.4, -0.2) is 53.9 Å². The van der Waals surface area contributed by atoms with Gasteiger partial charge in [0, 0.05) is 32.2 Å². The first-order valence-electron chi connectivity index (χ1n) is 5.91. The summed E-state index contributed by atoms with van der Waals surface area (Å²) < 4.78 is 0. The zero-order valence-corrected chi connectivity index (χ0v) is 11.3. The molecule has 1 aromatic rings. The Kier molecular flexibility index (Phi) is 4.01. The highest BCUT2D eigenvalue weighted by Gasteiger charge is 2.28. The van der Waals surface area contributed by atoms with Crippen LogP contribution in [0.1, 0.15) is 10.4 Å². The van der Waals surface area contributed by atoms with E-state index in [1.54, 1.807) is 4.90 Å². The largest absolute Gasteiger partial charge is 0.336 e. The van der Waals surface area contributed by atoms with E-state index in [-0.39, 0.29) is 22.2 Å². The minimum atomic E-state index is -0.574. The summed E-state index contributed by atoms with van der Waals surface area (Å²) in [5.41, 5.74) is -0.254. The second-order valence-electron chi connectivity index (χ2n) is 4.49. The molecule has 7 heteroatoms. The first-order valence-corrected chi connectivity index (χ1v) is 6.29. The van der Waals surface area contributed by atoms with Crippen molar-refractivity contribution in [3.63, 3.8) is 0 Å². The van der Waals surface area contributed by atoms with Crippen molar-refractivity contribution in [1.82, 2.24) is 9.80 Å². The molecule has 0 unspecified atom stereocenters. The SMILES string of the molecule is CN1CCN(C(=O)c2c(Cl)cccc2[N+](=O)[O-])CC1. The van der Waals surface area contributed by atoms with Gasteiger partial charge in [-0.15, -0.1) is 0 Å². The van der Waals surface area contributed by atoms with E-state index in [1.807, 2.05) is 7.05 Å². The lowest BCUT2D eigenvalue weighted by Crippen LogP contribution is -2.47. The first-order chi connectivity index (χ1) is 9.00. The van der Waals surface area contributed by atoms with Gasteiger partial charge in [-0.2, -0.15) is 0 Å². The number of nitrogens with zero attached hydrogens (tertiary/aromatic N) is 3. The number of likely N-dealkylation sites (N-methyl/N-ethyl adjacent to an activating group) is 1. The molecular weight excluding hydrogens is 270 g/mol. The normalized spacial score (nSPS) is 16.4. The van der Waals surface area contributed by atoms with Crippen LogP contribution >= 0.6 is 11.6 Å². The van der Waals surface area contributed by atoms with Crippen LogP contribution in [0.15, 0.2) is 18.2 Å². The highest BCUT2D eigenvalue weighted by Crippen LogP contribution is 2.27. The number of hydrogen-bond donors (Lipinski definition) is 0. The van der Waals surface area contributed by atoms with Gasteiger partial charge in [0.25, 0.3) is 11.6 Å². The maximum absolute atomic E-state index is 12.4. The molecule has 0 spiro atoms. The van der Waals surface area contributed by atoms with E-state index in [9.17, 15) is 14.9 Å². The second kappa shape index (κ2) is 5.54. The van der Waals surface area contributed by atoms with Crippen molar-refractivity contribution in [1.29, 1.82) is 0 Å². The van der Waals surface area contributed by atoms with E-state index in [0.717, 1.165) is 13.1 Å². The van der Waals surface area contributed by atoms with Crippen LogP contribution < -0.4 is 0 Å². The molecule has 0 saturated carbocycles. The van der Waals surface area contributed by atoms with E-state index in [2.05, 4.69) is 4.90 Å². The van der Waals surface area contributed by atoms with Crippen LogP contribution in [0.4, 0.5) is 5.69 Å². The molecule has 1 aromatic carbocycles. The van der Waals surface area contributed by atoms with E-state index in [1.165, 1.54) is 18.2 Å². The van der Waals surface area contributed by atoms with Crippen LogP contribution in [-0.2, 0) is 0 Å². The van der Waals surface area contributed by atoms with Crippen LogP contribution in [0.3, 0.4) is 0 Å². The molecule has 1 aliphatic heterocycles. The summed E-state index contributed by atoms with van der Waals surface area (Å²) in [7, 11) is 1.97. The van der Waals surface area contributed by atoms with Crippen molar-refractivity contribution < 1.29 is 9.72 Å². The lowest BCUT2D eigenvalue weighted by atomic mass is 10.1. The number of carbonyl (C=O) groups is 1. The van der Waals surface area contributed by atoms with Crippen molar-refractivity contribution in [3.05, 3.63) is 38.9 Å². The summed E-state index contributed by atoms with van der Waals surface area (Å²) in [5, 5.41) is 11.1. The highest BCUT2D eigenvalue weighted by atomic mass is 35.5. The quantitative estimate of drug-likeness (QED) is 0.611. The van der Waals surface area contributed by atoms with Gasteiger partial charge in [0.05, 0.1) is 9.95 Å². The van der Waals surface area contributed by atoms with Gasteiger partial charge < -0.3 is 9.80 Å². The van der Waals surface area contributed by atoms with Gasteiger partial charge >= 0.3 is 0 Å². The molecule has 2 rings (SSSR count). The third kappa shape index (κ3) is 2.85. The second-order valence-corrected chi connectivity index (χ2v) is 4.89. The van der Waals surface area contributed by atoms with Crippen molar-refractivity contribution in [3.8, 4) is 0 Å². The fourth-order valence-electron chi connectivity index (χ4n) is 2.04. The van der Waals surface area contributed by atoms with Gasteiger partial charge in [0.2, 0.25) is 0 Å². The van der Waals surface area contributed by atoms with Gasteiger partial charge in [-0.25, -0.2) is 0 Å². The molecule has 6 nitrogen and oxygen atoms in total. The Morgan fingerprint density at radius 1 is 1.32 bits per heavy atom. The third-order valence-electron chi connectivity index (χ3n) is 3.19. The number of piperazine rings is 1. The molecule has 19 heavy (non-hydrogen) atoms. The molecule has 102 valence electrons. The monoisotopic (exact) mass is 283 g/mol. The topological polar surface area (TPSA) is 66.7 Å². The summed E-state index contributed by atoms with van der Waals surface area (Å²) in [4.78, 5) is 26.5.